The number of imidazole rings is 1. The third-order valence-corrected chi connectivity index (χ3v) is 7.55. The summed E-state index contributed by atoms with van der Waals surface area (Å²) in [6.07, 6.45) is 4.14. The lowest BCUT2D eigenvalue weighted by molar-refractivity contribution is -0.137. The van der Waals surface area contributed by atoms with E-state index in [4.69, 9.17) is 22.3 Å². The number of nitrogens with zero attached hydrogens (tertiary/aromatic N) is 3. The molecule has 0 bridgehead atoms. The van der Waals surface area contributed by atoms with E-state index >= 15 is 0 Å². The number of thiazole rings is 1. The Kier molecular flexibility index (Phi) is 6.28. The Balaban J connectivity index is 1.62. The molecule has 1 N–H and O–H groups in total. The Morgan fingerprint density at radius 2 is 2.10 bits per heavy atom. The number of amides is 1. The summed E-state index contributed by atoms with van der Waals surface area (Å²) in [7, 11) is 0. The van der Waals surface area contributed by atoms with Crippen LogP contribution in [0.1, 0.15) is 24.1 Å². The van der Waals surface area contributed by atoms with Crippen molar-refractivity contribution < 1.29 is 14.7 Å². The topological polar surface area (TPSA) is 74.9 Å². The number of thioether (sulfide) groups is 1. The Morgan fingerprint density at radius 1 is 1.33 bits per heavy atom. The zero-order chi connectivity index (χ0) is 21.3. The van der Waals surface area contributed by atoms with Gasteiger partial charge in [0.2, 0.25) is 0 Å². The van der Waals surface area contributed by atoms with E-state index in [2.05, 4.69) is 24.3 Å². The lowest BCUT2D eigenvalue weighted by atomic mass is 10.2. The summed E-state index contributed by atoms with van der Waals surface area (Å²) in [6, 6.07) is 8.23. The quantitative estimate of drug-likeness (QED) is 0.384. The summed E-state index contributed by atoms with van der Waals surface area (Å²) < 4.78 is 2.42. The van der Waals surface area contributed by atoms with Crippen LogP contribution in [-0.2, 0) is 9.59 Å². The minimum atomic E-state index is -0.882. The molecule has 0 saturated carbocycles. The van der Waals surface area contributed by atoms with Crippen LogP contribution in [-0.4, -0.2) is 42.1 Å². The third kappa shape index (κ3) is 4.46. The monoisotopic (exact) mass is 475 g/mol. The van der Waals surface area contributed by atoms with Crippen molar-refractivity contribution in [1.82, 2.24) is 14.3 Å². The average molecular weight is 476 g/mol. The molecule has 1 aliphatic heterocycles. The third-order valence-electron chi connectivity index (χ3n) is 4.41. The maximum Gasteiger partial charge on any atom is 0.303 e. The number of carbonyl (C=O) groups is 2. The van der Waals surface area contributed by atoms with Gasteiger partial charge in [-0.25, -0.2) is 4.98 Å². The summed E-state index contributed by atoms with van der Waals surface area (Å²) in [5, 5.41) is 11.6. The number of hydrogen-bond acceptors (Lipinski definition) is 7. The minimum absolute atomic E-state index is 0.00555. The van der Waals surface area contributed by atoms with E-state index in [0.29, 0.717) is 22.2 Å². The first-order valence-electron chi connectivity index (χ1n) is 9.09. The molecule has 3 heterocycles. The number of benzene rings is 1. The molecule has 0 atom stereocenters. The van der Waals surface area contributed by atoms with Gasteiger partial charge in [0.15, 0.2) is 4.96 Å². The number of carboxylic acid groups (broad SMARTS) is 1. The van der Waals surface area contributed by atoms with Gasteiger partial charge in [-0.1, -0.05) is 53.4 Å². The summed E-state index contributed by atoms with van der Waals surface area (Å²) in [4.78, 5) is 32.3. The molecule has 1 amide bonds. The van der Waals surface area contributed by atoms with E-state index in [1.807, 2.05) is 29.0 Å². The zero-order valence-corrected chi connectivity index (χ0v) is 19.2. The van der Waals surface area contributed by atoms with Gasteiger partial charge in [-0.05, 0) is 31.6 Å². The van der Waals surface area contributed by atoms with E-state index in [9.17, 15) is 9.59 Å². The number of aryl methyl sites for hydroxylation is 1. The number of carboxylic acids is 1. The molecule has 1 fully saturated rings. The highest BCUT2D eigenvalue weighted by Crippen LogP contribution is 2.37. The Hall–Kier alpha value is -2.14. The van der Waals surface area contributed by atoms with Crippen LogP contribution in [0.25, 0.3) is 11.0 Å². The van der Waals surface area contributed by atoms with Crippen molar-refractivity contribution in [3.8, 4) is 0 Å². The van der Waals surface area contributed by atoms with Crippen molar-refractivity contribution >= 4 is 74.3 Å². The van der Waals surface area contributed by atoms with Gasteiger partial charge in [-0.2, -0.15) is 0 Å². The van der Waals surface area contributed by atoms with Crippen LogP contribution in [0, 0.1) is 6.92 Å². The molecule has 2 aromatic heterocycles. The average Bonchev–Trinajstić information content (AvgIpc) is 3.35. The first-order valence-corrected chi connectivity index (χ1v) is 12.0. The summed E-state index contributed by atoms with van der Waals surface area (Å²) in [5.41, 5.74) is 2.03. The van der Waals surface area contributed by atoms with Gasteiger partial charge in [-0.3, -0.25) is 18.9 Å². The first-order chi connectivity index (χ1) is 14.4. The van der Waals surface area contributed by atoms with Crippen LogP contribution in [0.3, 0.4) is 0 Å². The Labute approximate surface area is 191 Å². The lowest BCUT2D eigenvalue weighted by Crippen LogP contribution is -2.29. The number of hydrogen-bond donors (Lipinski definition) is 1. The molecular weight excluding hydrogens is 459 g/mol. The maximum absolute atomic E-state index is 12.9. The summed E-state index contributed by atoms with van der Waals surface area (Å²) in [6.45, 7) is 2.35. The van der Waals surface area contributed by atoms with E-state index in [1.165, 1.54) is 33.6 Å². The predicted molar refractivity (Wildman–Crippen MR) is 125 cm³/mol. The molecule has 30 heavy (non-hydrogen) atoms. The number of aliphatic carboxylic acids is 1. The summed E-state index contributed by atoms with van der Waals surface area (Å²) >= 11 is 9.68. The van der Waals surface area contributed by atoms with Crippen molar-refractivity contribution in [2.24, 2.45) is 0 Å². The largest absolute Gasteiger partial charge is 0.481 e. The molecule has 0 spiro atoms. The first kappa shape index (κ1) is 21.1. The highest BCUT2D eigenvalue weighted by molar-refractivity contribution is 8.26. The molecular formula is C20H17N3O3S4. The zero-order valence-electron chi connectivity index (χ0n) is 15.9. The normalized spacial score (nSPS) is 15.6. The number of rotatable bonds is 7. The smallest absolute Gasteiger partial charge is 0.303 e. The molecule has 6 nitrogen and oxygen atoms in total. The van der Waals surface area contributed by atoms with Crippen LogP contribution >= 0.6 is 47.1 Å². The van der Waals surface area contributed by atoms with Gasteiger partial charge in [0.1, 0.15) is 9.35 Å². The van der Waals surface area contributed by atoms with Crippen molar-refractivity contribution in [3.05, 3.63) is 52.0 Å². The van der Waals surface area contributed by atoms with Gasteiger partial charge < -0.3 is 5.11 Å². The Bertz CT molecular complexity index is 1160. The van der Waals surface area contributed by atoms with Gasteiger partial charge in [-0.15, -0.1) is 11.3 Å². The van der Waals surface area contributed by atoms with E-state index < -0.39 is 5.97 Å². The van der Waals surface area contributed by atoms with Crippen LogP contribution in [0.4, 0.5) is 0 Å². The molecule has 1 saturated heterocycles. The molecule has 0 unspecified atom stereocenters. The molecule has 3 aromatic rings. The fourth-order valence-electron chi connectivity index (χ4n) is 2.91. The molecule has 1 aliphatic rings. The van der Waals surface area contributed by atoms with Gasteiger partial charge in [0.25, 0.3) is 5.91 Å². The fourth-order valence-corrected chi connectivity index (χ4v) is 5.87. The molecule has 154 valence electrons. The number of fused-ring (bicyclic) bond motifs is 1. The molecule has 0 radical (unpaired) electrons. The van der Waals surface area contributed by atoms with Crippen molar-refractivity contribution in [2.75, 3.05) is 6.54 Å². The predicted octanol–water partition coefficient (Wildman–Crippen LogP) is 4.92. The van der Waals surface area contributed by atoms with E-state index in [-0.39, 0.29) is 12.3 Å². The molecule has 10 heteroatoms. The molecule has 4 rings (SSSR count). The van der Waals surface area contributed by atoms with Crippen molar-refractivity contribution in [2.45, 2.75) is 29.7 Å². The Morgan fingerprint density at radius 3 is 2.83 bits per heavy atom. The number of aromatic nitrogens is 2. The van der Waals surface area contributed by atoms with Crippen molar-refractivity contribution in [3.63, 3.8) is 0 Å². The standard InChI is InChI=1S/C20H17N3O3S4/c1-12-4-6-13(7-5-12)29-17-14(22-9-10-28-19(22)21-17)11-15-18(26)23(20(27)30-15)8-2-3-16(24)25/h4-7,9-11H,2-3,8H2,1H3,(H,24,25)/b15-11+. The van der Waals surface area contributed by atoms with Crippen molar-refractivity contribution in [1.29, 1.82) is 0 Å². The van der Waals surface area contributed by atoms with E-state index in [1.54, 1.807) is 11.8 Å². The second-order valence-corrected chi connectivity index (χ2v) is 10.2. The fraction of sp³-hybridized carbons (Fsp3) is 0.200. The van der Waals surface area contributed by atoms with Crippen LogP contribution in [0.2, 0.25) is 0 Å². The van der Waals surface area contributed by atoms with Gasteiger partial charge >= 0.3 is 5.97 Å². The van der Waals surface area contributed by atoms with Crippen LogP contribution in [0.5, 0.6) is 0 Å². The minimum Gasteiger partial charge on any atom is -0.481 e. The van der Waals surface area contributed by atoms with Crippen LogP contribution in [0.15, 0.2) is 50.7 Å². The second-order valence-electron chi connectivity index (χ2n) is 6.60. The van der Waals surface area contributed by atoms with Gasteiger partial charge in [0, 0.05) is 29.4 Å². The SMILES string of the molecule is Cc1ccc(Sc2nc3sccn3c2/C=C2/SC(=S)N(CCCC(=O)O)C2=O)cc1. The molecule has 0 aliphatic carbocycles. The number of thiocarbonyl (C=S) groups is 1. The second kappa shape index (κ2) is 8.93. The van der Waals surface area contributed by atoms with Crippen LogP contribution < -0.4 is 0 Å². The number of carbonyl (C=O) groups excluding carboxylic acids is 1. The lowest BCUT2D eigenvalue weighted by Gasteiger charge is -2.13. The maximum atomic E-state index is 12.9. The highest BCUT2D eigenvalue weighted by atomic mass is 32.2. The summed E-state index contributed by atoms with van der Waals surface area (Å²) in [5.74, 6) is -1.07. The highest BCUT2D eigenvalue weighted by Gasteiger charge is 2.32. The van der Waals surface area contributed by atoms with Gasteiger partial charge in [0.05, 0.1) is 10.6 Å². The molecule has 1 aromatic carbocycles. The van der Waals surface area contributed by atoms with E-state index in [0.717, 1.165) is 20.6 Å².